The maximum absolute atomic E-state index is 5.49. The summed E-state index contributed by atoms with van der Waals surface area (Å²) in [6, 6.07) is 12.5. The van der Waals surface area contributed by atoms with Crippen LogP contribution in [0, 0.1) is 6.92 Å². The Kier molecular flexibility index (Phi) is 4.53. The Morgan fingerprint density at radius 1 is 1.26 bits per heavy atom. The largest absolute Gasteiger partial charge is 0.496 e. The first kappa shape index (κ1) is 13.6. The normalized spacial score (nSPS) is 12.2. The van der Waals surface area contributed by atoms with E-state index < -0.39 is 0 Å². The molecule has 0 saturated carbocycles. The summed E-state index contributed by atoms with van der Waals surface area (Å²) >= 11 is 0. The topological polar surface area (TPSA) is 34.2 Å². The summed E-state index contributed by atoms with van der Waals surface area (Å²) in [6.07, 6.45) is 2.67. The van der Waals surface area contributed by atoms with Crippen LogP contribution in [0.5, 0.6) is 5.75 Å². The van der Waals surface area contributed by atoms with Crippen LogP contribution in [0.3, 0.4) is 0 Å². The zero-order valence-electron chi connectivity index (χ0n) is 11.7. The van der Waals surface area contributed by atoms with E-state index in [1.54, 1.807) is 7.11 Å². The van der Waals surface area contributed by atoms with Gasteiger partial charge in [0.25, 0.3) is 0 Å². The highest BCUT2D eigenvalue weighted by molar-refractivity contribution is 5.39. The molecule has 0 aliphatic rings. The molecule has 0 bridgehead atoms. The fourth-order valence-corrected chi connectivity index (χ4v) is 2.20. The zero-order valence-corrected chi connectivity index (χ0v) is 11.7. The number of aromatic nitrogens is 1. The highest BCUT2D eigenvalue weighted by Gasteiger charge is 2.15. The van der Waals surface area contributed by atoms with E-state index >= 15 is 0 Å². The van der Waals surface area contributed by atoms with Gasteiger partial charge in [0.15, 0.2) is 0 Å². The van der Waals surface area contributed by atoms with E-state index in [1.165, 1.54) is 11.1 Å². The van der Waals surface area contributed by atoms with Crippen LogP contribution in [0.15, 0.2) is 42.6 Å². The summed E-state index contributed by atoms with van der Waals surface area (Å²) in [7, 11) is 3.68. The molecule has 0 fully saturated rings. The van der Waals surface area contributed by atoms with Gasteiger partial charge < -0.3 is 10.1 Å². The second-order valence-electron chi connectivity index (χ2n) is 4.61. The molecular formula is C16H20N2O. The van der Waals surface area contributed by atoms with Crippen LogP contribution in [0.2, 0.25) is 0 Å². The van der Waals surface area contributed by atoms with Crippen LogP contribution < -0.4 is 10.1 Å². The van der Waals surface area contributed by atoms with Gasteiger partial charge >= 0.3 is 0 Å². The van der Waals surface area contributed by atoms with Crippen molar-refractivity contribution in [3.05, 3.63) is 59.4 Å². The molecule has 2 rings (SSSR count). The van der Waals surface area contributed by atoms with Crippen molar-refractivity contribution < 1.29 is 4.74 Å². The van der Waals surface area contributed by atoms with Gasteiger partial charge in [0, 0.05) is 29.9 Å². The molecule has 0 amide bonds. The van der Waals surface area contributed by atoms with Gasteiger partial charge in [-0.3, -0.25) is 4.98 Å². The van der Waals surface area contributed by atoms with Crippen molar-refractivity contribution in [2.75, 3.05) is 14.2 Å². The van der Waals surface area contributed by atoms with Gasteiger partial charge in [-0.1, -0.05) is 18.2 Å². The fraction of sp³-hybridized carbons (Fsp3) is 0.312. The van der Waals surface area contributed by atoms with Gasteiger partial charge in [-0.2, -0.15) is 0 Å². The molecule has 1 heterocycles. The number of aryl methyl sites for hydroxylation is 1. The van der Waals surface area contributed by atoms with Crippen molar-refractivity contribution >= 4 is 0 Å². The summed E-state index contributed by atoms with van der Waals surface area (Å²) in [5.41, 5.74) is 3.44. The average molecular weight is 256 g/mol. The lowest BCUT2D eigenvalue weighted by Crippen LogP contribution is -2.20. The van der Waals surface area contributed by atoms with Crippen molar-refractivity contribution in [1.29, 1.82) is 0 Å². The molecule has 1 unspecified atom stereocenters. The number of pyridine rings is 1. The molecule has 100 valence electrons. The molecule has 3 nitrogen and oxygen atoms in total. The first-order valence-electron chi connectivity index (χ1n) is 6.46. The second kappa shape index (κ2) is 6.34. The number of nitrogens with zero attached hydrogens (tertiary/aromatic N) is 1. The van der Waals surface area contributed by atoms with Crippen LogP contribution in [-0.4, -0.2) is 19.1 Å². The molecule has 3 heteroatoms. The molecule has 19 heavy (non-hydrogen) atoms. The predicted octanol–water partition coefficient (Wildman–Crippen LogP) is 2.90. The number of hydrogen-bond acceptors (Lipinski definition) is 3. The van der Waals surface area contributed by atoms with E-state index in [0.717, 1.165) is 17.9 Å². The molecule has 1 atom stereocenters. The minimum absolute atomic E-state index is 0.199. The van der Waals surface area contributed by atoms with Gasteiger partial charge in [0.1, 0.15) is 5.75 Å². The van der Waals surface area contributed by atoms with E-state index in [9.17, 15) is 0 Å². The van der Waals surface area contributed by atoms with Crippen LogP contribution in [0.1, 0.15) is 22.9 Å². The fourth-order valence-electron chi connectivity index (χ4n) is 2.20. The van der Waals surface area contributed by atoms with Crippen LogP contribution >= 0.6 is 0 Å². The van der Waals surface area contributed by atoms with Gasteiger partial charge in [0.2, 0.25) is 0 Å². The third-order valence-corrected chi connectivity index (χ3v) is 3.25. The lowest BCUT2D eigenvalue weighted by atomic mass is 9.99. The molecule has 1 aromatic heterocycles. The van der Waals surface area contributed by atoms with Gasteiger partial charge in [-0.05, 0) is 37.7 Å². The third-order valence-electron chi connectivity index (χ3n) is 3.25. The molecule has 1 aromatic carbocycles. The Labute approximate surface area is 114 Å². The summed E-state index contributed by atoms with van der Waals surface area (Å²) in [4.78, 5) is 4.38. The van der Waals surface area contributed by atoms with E-state index in [0.29, 0.717) is 0 Å². The molecule has 2 aromatic rings. The zero-order chi connectivity index (χ0) is 13.7. The van der Waals surface area contributed by atoms with Gasteiger partial charge in [-0.25, -0.2) is 0 Å². The van der Waals surface area contributed by atoms with E-state index in [-0.39, 0.29) is 6.04 Å². The summed E-state index contributed by atoms with van der Waals surface area (Å²) in [6.45, 7) is 2.07. The molecule has 0 saturated heterocycles. The van der Waals surface area contributed by atoms with Crippen molar-refractivity contribution in [2.24, 2.45) is 0 Å². The first-order valence-corrected chi connectivity index (χ1v) is 6.46. The number of ether oxygens (including phenoxy) is 1. The highest BCUT2D eigenvalue weighted by atomic mass is 16.5. The maximum Gasteiger partial charge on any atom is 0.123 e. The second-order valence-corrected chi connectivity index (χ2v) is 4.61. The summed E-state index contributed by atoms with van der Waals surface area (Å²) in [5.74, 6) is 0.926. The van der Waals surface area contributed by atoms with E-state index in [1.807, 2.05) is 31.4 Å². The number of nitrogens with one attached hydrogen (secondary N) is 1. The number of hydrogen-bond donors (Lipinski definition) is 1. The predicted molar refractivity (Wildman–Crippen MR) is 77.5 cm³/mol. The minimum Gasteiger partial charge on any atom is -0.496 e. The van der Waals surface area contributed by atoms with Crippen LogP contribution in [-0.2, 0) is 6.42 Å². The smallest absolute Gasteiger partial charge is 0.123 e. The standard InChI is InChI=1S/C16H20N2O/c1-12-7-8-14(16(10-12)19-3)15(17-2)11-13-6-4-5-9-18-13/h4-10,15,17H,11H2,1-3H3. The average Bonchev–Trinajstić information content (AvgIpc) is 2.46. The van der Waals surface area contributed by atoms with Crippen molar-refractivity contribution in [3.8, 4) is 5.75 Å². The number of likely N-dealkylation sites (N-methyl/N-ethyl adjacent to an activating group) is 1. The molecule has 0 spiro atoms. The van der Waals surface area contributed by atoms with Crippen molar-refractivity contribution in [3.63, 3.8) is 0 Å². The highest BCUT2D eigenvalue weighted by Crippen LogP contribution is 2.28. The molecular weight excluding hydrogens is 236 g/mol. The molecule has 0 aliphatic carbocycles. The number of methoxy groups -OCH3 is 1. The summed E-state index contributed by atoms with van der Waals surface area (Å²) < 4.78 is 5.49. The number of rotatable bonds is 5. The van der Waals surface area contributed by atoms with E-state index in [2.05, 4.69) is 35.4 Å². The lowest BCUT2D eigenvalue weighted by molar-refractivity contribution is 0.400. The SMILES string of the molecule is CNC(Cc1ccccn1)c1ccc(C)cc1OC. The van der Waals surface area contributed by atoms with Crippen molar-refractivity contribution in [1.82, 2.24) is 10.3 Å². The number of benzene rings is 1. The quantitative estimate of drug-likeness (QED) is 0.893. The first-order chi connectivity index (χ1) is 9.24. The molecule has 1 N–H and O–H groups in total. The molecule has 0 aliphatic heterocycles. The van der Waals surface area contributed by atoms with Gasteiger partial charge in [0.05, 0.1) is 7.11 Å². The minimum atomic E-state index is 0.199. The molecule has 0 radical (unpaired) electrons. The van der Waals surface area contributed by atoms with E-state index in [4.69, 9.17) is 4.74 Å². The maximum atomic E-state index is 5.49. The Balaban J connectivity index is 2.27. The lowest BCUT2D eigenvalue weighted by Gasteiger charge is -2.19. The Morgan fingerprint density at radius 2 is 2.11 bits per heavy atom. The Hall–Kier alpha value is -1.87. The Bertz CT molecular complexity index is 526. The van der Waals surface area contributed by atoms with Gasteiger partial charge in [-0.15, -0.1) is 0 Å². The van der Waals surface area contributed by atoms with Crippen molar-refractivity contribution in [2.45, 2.75) is 19.4 Å². The third kappa shape index (κ3) is 3.32. The van der Waals surface area contributed by atoms with Crippen LogP contribution in [0.25, 0.3) is 0 Å². The Morgan fingerprint density at radius 3 is 2.74 bits per heavy atom. The monoisotopic (exact) mass is 256 g/mol. The summed E-state index contributed by atoms with van der Waals surface area (Å²) in [5, 5.41) is 3.34. The van der Waals surface area contributed by atoms with Crippen LogP contribution in [0.4, 0.5) is 0 Å².